The fourth-order valence-electron chi connectivity index (χ4n) is 8.91. The average molecular weight is 556 g/mol. The molecule has 1 aromatic carbocycles. The number of rotatable bonds is 8. The van der Waals surface area contributed by atoms with Gasteiger partial charge in [0.1, 0.15) is 5.67 Å². The van der Waals surface area contributed by atoms with Crippen molar-refractivity contribution in [1.29, 1.82) is 0 Å². The molecule has 4 bridgehead atoms. The van der Waals surface area contributed by atoms with Crippen molar-refractivity contribution in [2.75, 3.05) is 11.4 Å². The van der Waals surface area contributed by atoms with Gasteiger partial charge in [0.2, 0.25) is 5.91 Å². The number of amides is 1. The van der Waals surface area contributed by atoms with E-state index in [2.05, 4.69) is 27.9 Å². The zero-order valence-corrected chi connectivity index (χ0v) is 23.9. The Morgan fingerprint density at radius 2 is 1.73 bits per heavy atom. The second kappa shape index (κ2) is 8.07. The van der Waals surface area contributed by atoms with Crippen molar-refractivity contribution in [3.8, 4) is 11.5 Å². The molecule has 214 valence electrons. The van der Waals surface area contributed by atoms with Crippen LogP contribution in [0, 0.1) is 10.8 Å². The van der Waals surface area contributed by atoms with E-state index in [1.807, 2.05) is 29.2 Å². The molecule has 1 amide bonds. The van der Waals surface area contributed by atoms with Crippen LogP contribution < -0.4 is 4.90 Å². The fourth-order valence-corrected chi connectivity index (χ4v) is 8.91. The van der Waals surface area contributed by atoms with Gasteiger partial charge in [-0.3, -0.25) is 9.48 Å². The van der Waals surface area contributed by atoms with Crippen LogP contribution in [0.4, 0.5) is 10.1 Å². The molecule has 3 aromatic rings. The van der Waals surface area contributed by atoms with Crippen LogP contribution in [0.2, 0.25) is 0 Å². The summed E-state index contributed by atoms with van der Waals surface area (Å²) >= 11 is 0. The molecule has 8 fully saturated rings. The minimum atomic E-state index is -1.11. The zero-order valence-electron chi connectivity index (χ0n) is 23.9. The highest BCUT2D eigenvalue weighted by atomic mass is 19.1. The summed E-state index contributed by atoms with van der Waals surface area (Å²) in [7, 11) is 2.12. The second-order valence-corrected chi connectivity index (χ2v) is 14.8. The van der Waals surface area contributed by atoms with Gasteiger partial charge in [0.15, 0.2) is 5.82 Å². The second-order valence-electron chi connectivity index (χ2n) is 14.8. The molecule has 2 heterocycles. The van der Waals surface area contributed by atoms with Crippen molar-refractivity contribution >= 4 is 11.6 Å². The maximum Gasteiger partial charge on any atom is 0.258 e. The first kappa shape index (κ1) is 24.6. The normalized spacial score (nSPS) is 35.2. The quantitative estimate of drug-likeness (QED) is 0.308. The van der Waals surface area contributed by atoms with Gasteiger partial charge >= 0.3 is 0 Å². The van der Waals surface area contributed by atoms with E-state index in [1.165, 1.54) is 24.2 Å². The van der Waals surface area contributed by atoms with Gasteiger partial charge in [-0.25, -0.2) is 4.39 Å². The van der Waals surface area contributed by atoms with Gasteiger partial charge in [0.05, 0.1) is 11.1 Å². The Kier molecular flexibility index (Phi) is 4.84. The Hall–Kier alpha value is -3.03. The van der Waals surface area contributed by atoms with Crippen LogP contribution in [-0.4, -0.2) is 38.0 Å². The van der Waals surface area contributed by atoms with E-state index >= 15 is 0 Å². The Morgan fingerprint density at radius 1 is 1.02 bits per heavy atom. The van der Waals surface area contributed by atoms with Gasteiger partial charge < -0.3 is 9.42 Å². The van der Waals surface area contributed by atoms with Crippen LogP contribution in [0.25, 0.3) is 11.5 Å². The first-order valence-corrected chi connectivity index (χ1v) is 15.8. The number of carbonyl (C=O) groups excluding carboxylic acids is 1. The van der Waals surface area contributed by atoms with E-state index in [0.29, 0.717) is 43.5 Å². The lowest BCUT2D eigenvalue weighted by Crippen LogP contribution is -2.71. The molecule has 0 unspecified atom stereocenters. The summed E-state index contributed by atoms with van der Waals surface area (Å²) in [4.78, 5) is 20.9. The number of nitrogens with zero attached hydrogens (tertiary/aromatic N) is 5. The van der Waals surface area contributed by atoms with Crippen molar-refractivity contribution < 1.29 is 13.7 Å². The van der Waals surface area contributed by atoms with Crippen molar-refractivity contribution in [3.05, 3.63) is 47.5 Å². The number of alkyl halides is 1. The molecule has 0 N–H and O–H groups in total. The topological polar surface area (TPSA) is 77.1 Å². The highest BCUT2D eigenvalue weighted by molar-refractivity contribution is 6.00. The standard InChI is InChI=1S/C33H38FN5O2/c1-38-26(16-25(36-38)21-5-6-21)31-12-9-30(10-13-31,11-14-31)20-39(29(40)32-17-33(34,18-32)19-32)24-4-2-3-23(15-24)28-35-27(37-41-28)22-7-8-22/h2-4,15-16,21-22H,5-14,17-20H2,1H3. The van der Waals surface area contributed by atoms with Gasteiger partial charge in [0, 0.05) is 47.8 Å². The van der Waals surface area contributed by atoms with E-state index in [1.54, 1.807) is 0 Å². The largest absolute Gasteiger partial charge is 0.334 e. The summed E-state index contributed by atoms with van der Waals surface area (Å²) < 4.78 is 22.4. The molecule has 0 aliphatic heterocycles. The third-order valence-corrected chi connectivity index (χ3v) is 11.8. The van der Waals surface area contributed by atoms with Crippen molar-refractivity contribution in [1.82, 2.24) is 19.9 Å². The average Bonchev–Trinajstić information content (AvgIpc) is 3.90. The summed E-state index contributed by atoms with van der Waals surface area (Å²) in [6, 6.07) is 10.4. The summed E-state index contributed by atoms with van der Waals surface area (Å²) in [6.45, 7) is 0.697. The fraction of sp³-hybridized carbons (Fsp3) is 0.636. The molecule has 0 atom stereocenters. The van der Waals surface area contributed by atoms with Crippen LogP contribution in [-0.2, 0) is 17.3 Å². The molecule has 8 heteroatoms. The molecule has 41 heavy (non-hydrogen) atoms. The Labute approximate surface area is 239 Å². The van der Waals surface area contributed by atoms with E-state index in [4.69, 9.17) is 9.62 Å². The van der Waals surface area contributed by atoms with Crippen LogP contribution >= 0.6 is 0 Å². The lowest BCUT2D eigenvalue weighted by molar-refractivity contribution is -0.211. The third-order valence-electron chi connectivity index (χ3n) is 11.8. The highest BCUT2D eigenvalue weighted by Gasteiger charge is 2.73. The number of aromatic nitrogens is 4. The number of hydrogen-bond acceptors (Lipinski definition) is 5. The van der Waals surface area contributed by atoms with E-state index in [9.17, 15) is 9.18 Å². The minimum Gasteiger partial charge on any atom is -0.334 e. The SMILES string of the molecule is Cn1nc(C2CC2)cc1C12CCC(CN(C(=O)C34CC(F)(C3)C4)c3cccc(-c4nc(C5CC5)no4)c3)(CC1)CC2. The predicted molar refractivity (Wildman–Crippen MR) is 151 cm³/mol. The Morgan fingerprint density at radius 3 is 2.39 bits per heavy atom. The lowest BCUT2D eigenvalue weighted by atomic mass is 9.41. The van der Waals surface area contributed by atoms with Crippen LogP contribution in [0.1, 0.15) is 113 Å². The molecule has 0 saturated heterocycles. The summed E-state index contributed by atoms with van der Waals surface area (Å²) in [5.41, 5.74) is 3.07. The van der Waals surface area contributed by atoms with Gasteiger partial charge in [-0.05, 0) is 113 Å². The van der Waals surface area contributed by atoms with Gasteiger partial charge in [-0.15, -0.1) is 0 Å². The van der Waals surface area contributed by atoms with E-state index < -0.39 is 11.1 Å². The van der Waals surface area contributed by atoms with Crippen LogP contribution in [0.3, 0.4) is 0 Å². The molecular formula is C33H38FN5O2. The Bertz CT molecular complexity index is 1520. The van der Waals surface area contributed by atoms with Crippen molar-refractivity contribution in [2.24, 2.45) is 17.9 Å². The van der Waals surface area contributed by atoms with Gasteiger partial charge in [-0.1, -0.05) is 11.2 Å². The van der Waals surface area contributed by atoms with Crippen LogP contribution in [0.5, 0.6) is 0 Å². The Balaban J connectivity index is 1.00. The number of hydrogen-bond donors (Lipinski definition) is 0. The molecule has 11 rings (SSSR count). The number of carbonyl (C=O) groups is 1. The number of benzene rings is 1. The number of aryl methyl sites for hydroxylation is 1. The highest BCUT2D eigenvalue weighted by Crippen LogP contribution is 2.70. The van der Waals surface area contributed by atoms with E-state index in [-0.39, 0.29) is 16.7 Å². The zero-order chi connectivity index (χ0) is 27.6. The smallest absolute Gasteiger partial charge is 0.258 e. The lowest BCUT2D eigenvalue weighted by Gasteiger charge is -2.65. The van der Waals surface area contributed by atoms with Crippen LogP contribution in [0.15, 0.2) is 34.9 Å². The third kappa shape index (κ3) is 3.74. The molecule has 2 aromatic heterocycles. The summed E-state index contributed by atoms with van der Waals surface area (Å²) in [5, 5.41) is 9.10. The van der Waals surface area contributed by atoms with Gasteiger partial charge in [0.25, 0.3) is 5.89 Å². The maximum absolute atomic E-state index is 14.6. The first-order chi connectivity index (χ1) is 19.8. The number of halogens is 1. The monoisotopic (exact) mass is 555 g/mol. The predicted octanol–water partition coefficient (Wildman–Crippen LogP) is 6.74. The molecule has 8 saturated carbocycles. The van der Waals surface area contributed by atoms with Gasteiger partial charge in [-0.2, -0.15) is 10.1 Å². The first-order valence-electron chi connectivity index (χ1n) is 15.8. The maximum atomic E-state index is 14.6. The minimum absolute atomic E-state index is 0.0892. The number of fused-ring (bicyclic) bond motifs is 3. The molecular weight excluding hydrogens is 517 g/mol. The summed E-state index contributed by atoms with van der Waals surface area (Å²) in [6.07, 6.45) is 12.7. The van der Waals surface area contributed by atoms with Crippen molar-refractivity contribution in [3.63, 3.8) is 0 Å². The molecule has 8 aliphatic rings. The summed E-state index contributed by atoms with van der Waals surface area (Å²) in [5.74, 6) is 2.48. The van der Waals surface area contributed by atoms with Crippen molar-refractivity contribution in [2.45, 2.75) is 106 Å². The molecule has 7 nitrogen and oxygen atoms in total. The molecule has 8 aliphatic carbocycles. The number of anilines is 1. The van der Waals surface area contributed by atoms with E-state index in [0.717, 1.165) is 68.4 Å². The molecule has 0 spiro atoms. The molecule has 0 radical (unpaired) electrons.